The van der Waals surface area contributed by atoms with Crippen LogP contribution in [0.2, 0.25) is 0 Å². The minimum atomic E-state index is -3.35. The van der Waals surface area contributed by atoms with E-state index in [1.54, 1.807) is 13.0 Å². The lowest BCUT2D eigenvalue weighted by Crippen LogP contribution is -2.61. The maximum absolute atomic E-state index is 12.2. The van der Waals surface area contributed by atoms with Crippen molar-refractivity contribution in [2.45, 2.75) is 43.9 Å². The number of nitrogens with one attached hydrogen (secondary N) is 2. The number of sulfonamides is 1. The lowest BCUT2D eigenvalue weighted by Gasteiger charge is -2.38. The third kappa shape index (κ3) is 3.25. The number of anilines is 1. The fourth-order valence-corrected chi connectivity index (χ4v) is 4.43. The first-order chi connectivity index (χ1) is 10.4. The number of nitrogens with zero attached hydrogens (tertiary/aromatic N) is 2. The highest BCUT2D eigenvalue weighted by Gasteiger charge is 2.41. The molecule has 8 nitrogen and oxygen atoms in total. The summed E-state index contributed by atoms with van der Waals surface area (Å²) < 4.78 is 32.0. The number of urea groups is 1. The van der Waals surface area contributed by atoms with Crippen LogP contribution in [-0.4, -0.2) is 48.9 Å². The van der Waals surface area contributed by atoms with Crippen LogP contribution < -0.4 is 10.0 Å². The van der Waals surface area contributed by atoms with Crippen LogP contribution in [0.3, 0.4) is 0 Å². The second-order valence-electron chi connectivity index (χ2n) is 5.92. The second-order valence-corrected chi connectivity index (χ2v) is 7.92. The zero-order chi connectivity index (χ0) is 15.7. The predicted octanol–water partition coefficient (Wildman–Crippen LogP) is 1.06. The molecule has 122 valence electrons. The van der Waals surface area contributed by atoms with E-state index in [0.717, 1.165) is 25.7 Å². The summed E-state index contributed by atoms with van der Waals surface area (Å²) in [4.78, 5) is 13.4. The fraction of sp³-hybridized carbons (Fsp3) is 0.692. The van der Waals surface area contributed by atoms with E-state index in [1.807, 2.05) is 0 Å². The highest BCUT2D eigenvalue weighted by molar-refractivity contribution is 7.90. The lowest BCUT2D eigenvalue weighted by atomic mass is 10.2. The smallest absolute Gasteiger partial charge is 0.323 e. The van der Waals surface area contributed by atoms with E-state index in [0.29, 0.717) is 11.6 Å². The van der Waals surface area contributed by atoms with E-state index in [-0.39, 0.29) is 25.2 Å². The molecule has 2 fully saturated rings. The van der Waals surface area contributed by atoms with Gasteiger partial charge >= 0.3 is 6.03 Å². The SMILES string of the molecule is Cc1cc(NC(=O)N2CC(S(=O)(=O)NC3CCCC3)C2)no1. The van der Waals surface area contributed by atoms with Gasteiger partial charge in [0.25, 0.3) is 0 Å². The molecule has 0 spiro atoms. The summed E-state index contributed by atoms with van der Waals surface area (Å²) in [6, 6.07) is 1.31. The van der Waals surface area contributed by atoms with Crippen molar-refractivity contribution in [1.29, 1.82) is 0 Å². The van der Waals surface area contributed by atoms with Crippen LogP contribution in [0.5, 0.6) is 0 Å². The summed E-state index contributed by atoms with van der Waals surface area (Å²) in [5.74, 6) is 0.929. The third-order valence-corrected chi connectivity index (χ3v) is 5.96. The Hall–Kier alpha value is -1.61. The highest BCUT2D eigenvalue weighted by Crippen LogP contribution is 2.22. The van der Waals surface area contributed by atoms with Gasteiger partial charge in [-0.2, -0.15) is 0 Å². The number of aromatic nitrogens is 1. The first kappa shape index (κ1) is 15.3. The van der Waals surface area contributed by atoms with Crippen molar-refractivity contribution < 1.29 is 17.7 Å². The normalized spacial score (nSPS) is 20.1. The van der Waals surface area contributed by atoms with Crippen molar-refractivity contribution in [3.8, 4) is 0 Å². The first-order valence-electron chi connectivity index (χ1n) is 7.44. The zero-order valence-electron chi connectivity index (χ0n) is 12.4. The number of hydrogen-bond acceptors (Lipinski definition) is 5. The predicted molar refractivity (Wildman–Crippen MR) is 79.9 cm³/mol. The average Bonchev–Trinajstić information content (AvgIpc) is 2.98. The summed E-state index contributed by atoms with van der Waals surface area (Å²) in [5, 5.41) is 5.72. The summed E-state index contributed by atoms with van der Waals surface area (Å²) in [6.07, 6.45) is 3.95. The molecule has 2 aliphatic rings. The van der Waals surface area contributed by atoms with Gasteiger partial charge in [-0.15, -0.1) is 0 Å². The van der Waals surface area contributed by atoms with E-state index in [2.05, 4.69) is 15.2 Å². The van der Waals surface area contributed by atoms with E-state index in [4.69, 9.17) is 4.52 Å². The van der Waals surface area contributed by atoms with Crippen molar-refractivity contribution in [2.24, 2.45) is 0 Å². The molecule has 2 amide bonds. The van der Waals surface area contributed by atoms with Gasteiger partial charge in [-0.25, -0.2) is 17.9 Å². The lowest BCUT2D eigenvalue weighted by molar-refractivity contribution is 0.182. The Morgan fingerprint density at radius 2 is 2.05 bits per heavy atom. The Bertz CT molecular complexity index is 645. The molecule has 0 atom stereocenters. The molecule has 1 aliphatic heterocycles. The minimum Gasteiger partial charge on any atom is -0.360 e. The number of hydrogen-bond donors (Lipinski definition) is 2. The van der Waals surface area contributed by atoms with Gasteiger partial charge in [0.1, 0.15) is 11.0 Å². The molecule has 2 N–H and O–H groups in total. The molecule has 0 radical (unpaired) electrons. The number of carbonyl (C=O) groups is 1. The second kappa shape index (κ2) is 5.88. The van der Waals surface area contributed by atoms with Crippen LogP contribution in [0, 0.1) is 6.92 Å². The topological polar surface area (TPSA) is 105 Å². The van der Waals surface area contributed by atoms with Crippen LogP contribution in [0.25, 0.3) is 0 Å². The number of rotatable bonds is 4. The average molecular weight is 328 g/mol. The molecule has 1 saturated heterocycles. The Labute approximate surface area is 129 Å². The summed E-state index contributed by atoms with van der Waals surface area (Å²) >= 11 is 0. The van der Waals surface area contributed by atoms with Crippen molar-refractivity contribution in [3.05, 3.63) is 11.8 Å². The van der Waals surface area contributed by atoms with Crippen LogP contribution in [0.4, 0.5) is 10.6 Å². The molecule has 1 aromatic rings. The quantitative estimate of drug-likeness (QED) is 0.860. The van der Waals surface area contributed by atoms with Gasteiger partial charge in [0.15, 0.2) is 5.82 Å². The van der Waals surface area contributed by atoms with E-state index < -0.39 is 15.3 Å². The zero-order valence-corrected chi connectivity index (χ0v) is 13.2. The molecular formula is C13H20N4O4S. The van der Waals surface area contributed by atoms with Gasteiger partial charge in [-0.3, -0.25) is 5.32 Å². The number of amides is 2. The maximum atomic E-state index is 12.2. The van der Waals surface area contributed by atoms with Crippen LogP contribution >= 0.6 is 0 Å². The summed E-state index contributed by atoms with van der Waals surface area (Å²) in [6.45, 7) is 2.12. The summed E-state index contributed by atoms with van der Waals surface area (Å²) in [5.41, 5.74) is 0. The van der Waals surface area contributed by atoms with E-state index in [9.17, 15) is 13.2 Å². The molecule has 0 bridgehead atoms. The monoisotopic (exact) mass is 328 g/mol. The number of aryl methyl sites for hydroxylation is 1. The Morgan fingerprint density at radius 1 is 1.36 bits per heavy atom. The molecule has 1 aromatic heterocycles. The van der Waals surface area contributed by atoms with Gasteiger partial charge in [-0.05, 0) is 19.8 Å². The molecular weight excluding hydrogens is 308 g/mol. The highest BCUT2D eigenvalue weighted by atomic mass is 32.2. The molecule has 1 saturated carbocycles. The molecule has 2 heterocycles. The number of carbonyl (C=O) groups excluding carboxylic acids is 1. The molecule has 22 heavy (non-hydrogen) atoms. The fourth-order valence-electron chi connectivity index (χ4n) is 2.79. The Kier molecular flexibility index (Phi) is 4.09. The van der Waals surface area contributed by atoms with Crippen LogP contribution in [0.1, 0.15) is 31.4 Å². The molecule has 3 rings (SSSR count). The van der Waals surface area contributed by atoms with Gasteiger partial charge in [-0.1, -0.05) is 18.0 Å². The summed E-state index contributed by atoms with van der Waals surface area (Å²) in [7, 11) is -3.35. The van der Waals surface area contributed by atoms with Crippen molar-refractivity contribution in [1.82, 2.24) is 14.8 Å². The van der Waals surface area contributed by atoms with E-state index >= 15 is 0 Å². The minimum absolute atomic E-state index is 0.0611. The first-order valence-corrected chi connectivity index (χ1v) is 8.99. The van der Waals surface area contributed by atoms with Gasteiger partial charge in [0.05, 0.1) is 0 Å². The third-order valence-electron chi connectivity index (χ3n) is 4.12. The van der Waals surface area contributed by atoms with Gasteiger partial charge in [0.2, 0.25) is 10.0 Å². The van der Waals surface area contributed by atoms with Crippen LogP contribution in [0.15, 0.2) is 10.6 Å². The molecule has 9 heteroatoms. The maximum Gasteiger partial charge on any atom is 0.323 e. The van der Waals surface area contributed by atoms with Crippen LogP contribution in [-0.2, 0) is 10.0 Å². The largest absolute Gasteiger partial charge is 0.360 e. The van der Waals surface area contributed by atoms with Crippen molar-refractivity contribution >= 4 is 21.9 Å². The molecule has 1 aliphatic carbocycles. The standard InChI is InChI=1S/C13H20N4O4S/c1-9-6-12(15-21-9)14-13(18)17-7-11(8-17)22(19,20)16-10-4-2-3-5-10/h6,10-11,16H,2-5,7-8H2,1H3,(H,14,15,18). The molecule has 0 aromatic carbocycles. The van der Waals surface area contributed by atoms with E-state index in [1.165, 1.54) is 4.90 Å². The van der Waals surface area contributed by atoms with Gasteiger partial charge in [0, 0.05) is 25.2 Å². The van der Waals surface area contributed by atoms with Gasteiger partial charge < -0.3 is 9.42 Å². The van der Waals surface area contributed by atoms with Crippen molar-refractivity contribution in [2.75, 3.05) is 18.4 Å². The number of likely N-dealkylation sites (tertiary alicyclic amines) is 1. The Balaban J connectivity index is 1.49. The Morgan fingerprint density at radius 3 is 2.64 bits per heavy atom. The van der Waals surface area contributed by atoms with Crippen molar-refractivity contribution in [3.63, 3.8) is 0 Å². The molecule has 0 unspecified atom stereocenters.